The first-order valence-corrected chi connectivity index (χ1v) is 9.28. The van der Waals surface area contributed by atoms with Crippen LogP contribution < -0.4 is 0 Å². The molecule has 0 saturated heterocycles. The number of carboxylic acid groups (broad SMARTS) is 1. The molecule has 0 spiro atoms. The second-order valence-electron chi connectivity index (χ2n) is 7.12. The molecule has 3 rings (SSSR count). The topological polar surface area (TPSA) is 59.0 Å². The first-order valence-electron chi connectivity index (χ1n) is 8.90. The normalized spacial score (nSPS) is 28.9. The minimum absolute atomic E-state index is 0.0809. The molecule has 1 amide bonds. The largest absolute Gasteiger partial charge is 0.465 e. The number of nitrogens with zero attached hydrogens (tertiary/aromatic N) is 1. The van der Waals surface area contributed by atoms with Gasteiger partial charge < -0.3 is 14.6 Å². The van der Waals surface area contributed by atoms with Crippen molar-refractivity contribution in [3.05, 3.63) is 34.9 Å². The monoisotopic (exact) mass is 367 g/mol. The lowest BCUT2D eigenvalue weighted by atomic mass is 9.73. The second kappa shape index (κ2) is 7.52. The Kier molecular flexibility index (Phi) is 5.56. The summed E-state index contributed by atoms with van der Waals surface area (Å²) in [6.07, 6.45) is 3.08. The highest BCUT2D eigenvalue weighted by molar-refractivity contribution is 6.31. The highest BCUT2D eigenvalue weighted by Crippen LogP contribution is 2.58. The molecule has 0 heterocycles. The van der Waals surface area contributed by atoms with Gasteiger partial charge in [0.2, 0.25) is 0 Å². The van der Waals surface area contributed by atoms with Crippen LogP contribution in [-0.2, 0) is 14.9 Å². The van der Waals surface area contributed by atoms with Gasteiger partial charge >= 0.3 is 6.09 Å². The lowest BCUT2D eigenvalue weighted by Crippen LogP contribution is -2.55. The fourth-order valence-electron chi connectivity index (χ4n) is 4.89. The van der Waals surface area contributed by atoms with Gasteiger partial charge in [0.15, 0.2) is 0 Å². The molecule has 25 heavy (non-hydrogen) atoms. The zero-order valence-electron chi connectivity index (χ0n) is 14.8. The van der Waals surface area contributed by atoms with E-state index in [2.05, 4.69) is 6.07 Å². The van der Waals surface area contributed by atoms with Gasteiger partial charge in [-0.2, -0.15) is 0 Å². The fraction of sp³-hybridized carbons (Fsp3) is 0.632. The molecule has 0 aromatic heterocycles. The summed E-state index contributed by atoms with van der Waals surface area (Å²) in [5.74, 6) is 0.544. The SMILES string of the molecule is CCC(OCOC)N(C(=O)O)[C@H]1CC2CC[C@@]1(c1ccccc1Cl)C2. The fourth-order valence-corrected chi connectivity index (χ4v) is 5.22. The predicted octanol–water partition coefficient (Wildman–Crippen LogP) is 4.49. The Hall–Kier alpha value is -1.30. The average Bonchev–Trinajstić information content (AvgIpc) is 3.17. The van der Waals surface area contributed by atoms with Gasteiger partial charge in [-0.25, -0.2) is 4.79 Å². The smallest absolute Gasteiger partial charge is 0.409 e. The predicted molar refractivity (Wildman–Crippen MR) is 95.8 cm³/mol. The molecule has 2 unspecified atom stereocenters. The van der Waals surface area contributed by atoms with E-state index in [1.165, 1.54) is 4.90 Å². The van der Waals surface area contributed by atoms with Crippen molar-refractivity contribution in [2.24, 2.45) is 5.92 Å². The van der Waals surface area contributed by atoms with E-state index in [0.717, 1.165) is 36.3 Å². The van der Waals surface area contributed by atoms with Gasteiger partial charge in [-0.15, -0.1) is 0 Å². The molecular weight excluding hydrogens is 342 g/mol. The summed E-state index contributed by atoms with van der Waals surface area (Å²) in [6, 6.07) is 7.75. The third kappa shape index (κ3) is 3.25. The first kappa shape index (κ1) is 18.5. The lowest BCUT2D eigenvalue weighted by molar-refractivity contribution is -0.138. The molecule has 6 heteroatoms. The Bertz CT molecular complexity index is 625. The van der Waals surface area contributed by atoms with Crippen LogP contribution in [0.5, 0.6) is 0 Å². The van der Waals surface area contributed by atoms with E-state index in [1.807, 2.05) is 25.1 Å². The average molecular weight is 368 g/mol. The van der Waals surface area contributed by atoms with E-state index < -0.39 is 12.3 Å². The molecule has 0 aliphatic heterocycles. The van der Waals surface area contributed by atoms with E-state index in [4.69, 9.17) is 21.1 Å². The summed E-state index contributed by atoms with van der Waals surface area (Å²) in [6.45, 7) is 2.02. The molecular formula is C19H26ClNO4. The standard InChI is InChI=1S/C19H26ClNO4/c1-3-17(25-12-24-2)21(18(22)23)16-10-13-8-9-19(16,11-13)14-6-4-5-7-15(14)20/h4-7,13,16-17H,3,8-12H2,1-2H3,(H,22,23)/t13?,16-,17?,19-/m0/s1. The molecule has 1 N–H and O–H groups in total. The highest BCUT2D eigenvalue weighted by atomic mass is 35.5. The van der Waals surface area contributed by atoms with Crippen molar-refractivity contribution in [3.63, 3.8) is 0 Å². The number of ether oxygens (including phenoxy) is 2. The van der Waals surface area contributed by atoms with Crippen LogP contribution in [0.4, 0.5) is 4.79 Å². The number of fused-ring (bicyclic) bond motifs is 2. The Morgan fingerprint density at radius 1 is 1.48 bits per heavy atom. The molecule has 2 aliphatic rings. The molecule has 0 radical (unpaired) electrons. The van der Waals surface area contributed by atoms with Crippen LogP contribution in [0.3, 0.4) is 0 Å². The van der Waals surface area contributed by atoms with Crippen molar-refractivity contribution in [2.45, 2.75) is 56.7 Å². The Labute approximate surface area is 153 Å². The third-order valence-electron chi connectivity index (χ3n) is 5.85. The number of carbonyl (C=O) groups is 1. The van der Waals surface area contributed by atoms with Crippen LogP contribution in [0.2, 0.25) is 5.02 Å². The molecule has 2 fully saturated rings. The van der Waals surface area contributed by atoms with Gasteiger partial charge in [0.1, 0.15) is 13.0 Å². The maximum atomic E-state index is 12.2. The number of halogens is 1. The number of amides is 1. The van der Waals surface area contributed by atoms with Crippen molar-refractivity contribution in [3.8, 4) is 0 Å². The van der Waals surface area contributed by atoms with E-state index in [9.17, 15) is 9.90 Å². The van der Waals surface area contributed by atoms with Gasteiger partial charge in [0.05, 0.1) is 0 Å². The first-order chi connectivity index (χ1) is 12.0. The van der Waals surface area contributed by atoms with Gasteiger partial charge in [-0.1, -0.05) is 36.7 Å². The van der Waals surface area contributed by atoms with Gasteiger partial charge in [-0.3, -0.25) is 4.90 Å². The van der Waals surface area contributed by atoms with Crippen molar-refractivity contribution in [2.75, 3.05) is 13.9 Å². The van der Waals surface area contributed by atoms with Crippen molar-refractivity contribution >= 4 is 17.7 Å². The molecule has 4 atom stereocenters. The highest BCUT2D eigenvalue weighted by Gasteiger charge is 2.57. The van der Waals surface area contributed by atoms with Gasteiger partial charge in [-0.05, 0) is 49.7 Å². The number of hydrogen-bond donors (Lipinski definition) is 1. The van der Waals surface area contributed by atoms with Crippen LogP contribution in [0.25, 0.3) is 0 Å². The van der Waals surface area contributed by atoms with Crippen LogP contribution >= 0.6 is 11.6 Å². The minimum atomic E-state index is -0.938. The van der Waals surface area contributed by atoms with E-state index >= 15 is 0 Å². The second-order valence-corrected chi connectivity index (χ2v) is 7.53. The van der Waals surface area contributed by atoms with Crippen LogP contribution in [-0.4, -0.2) is 42.3 Å². The lowest BCUT2D eigenvalue weighted by Gasteiger charge is -2.44. The van der Waals surface area contributed by atoms with Crippen LogP contribution in [0.15, 0.2) is 24.3 Å². The molecule has 2 aliphatic carbocycles. The van der Waals surface area contributed by atoms with Crippen molar-refractivity contribution in [1.82, 2.24) is 4.90 Å². The van der Waals surface area contributed by atoms with Crippen molar-refractivity contribution < 1.29 is 19.4 Å². The molecule has 1 aromatic carbocycles. The summed E-state index contributed by atoms with van der Waals surface area (Å²) in [5.41, 5.74) is 0.861. The number of rotatable bonds is 7. The summed E-state index contributed by atoms with van der Waals surface area (Å²) in [4.78, 5) is 13.7. The molecule has 1 aromatic rings. The summed E-state index contributed by atoms with van der Waals surface area (Å²) in [7, 11) is 1.54. The number of benzene rings is 1. The Morgan fingerprint density at radius 2 is 2.24 bits per heavy atom. The zero-order valence-corrected chi connectivity index (χ0v) is 15.5. The summed E-state index contributed by atoms with van der Waals surface area (Å²) >= 11 is 6.52. The van der Waals surface area contributed by atoms with E-state index in [0.29, 0.717) is 12.3 Å². The molecule has 2 saturated carbocycles. The number of hydrogen-bond acceptors (Lipinski definition) is 3. The maximum absolute atomic E-state index is 12.2. The van der Waals surface area contributed by atoms with E-state index in [-0.39, 0.29) is 18.2 Å². The van der Waals surface area contributed by atoms with Gasteiger partial charge in [0, 0.05) is 23.6 Å². The molecule has 2 bridgehead atoms. The van der Waals surface area contributed by atoms with Crippen LogP contribution in [0, 0.1) is 5.92 Å². The quantitative estimate of drug-likeness (QED) is 0.721. The zero-order chi connectivity index (χ0) is 18.0. The van der Waals surface area contributed by atoms with Crippen molar-refractivity contribution in [1.29, 1.82) is 0 Å². The minimum Gasteiger partial charge on any atom is -0.465 e. The Morgan fingerprint density at radius 3 is 2.84 bits per heavy atom. The van der Waals surface area contributed by atoms with Crippen LogP contribution in [0.1, 0.15) is 44.6 Å². The third-order valence-corrected chi connectivity index (χ3v) is 6.18. The molecule has 138 valence electrons. The summed E-state index contributed by atoms with van der Waals surface area (Å²) < 4.78 is 10.7. The number of methoxy groups -OCH3 is 1. The summed E-state index contributed by atoms with van der Waals surface area (Å²) in [5, 5.41) is 10.7. The van der Waals surface area contributed by atoms with E-state index in [1.54, 1.807) is 7.11 Å². The van der Waals surface area contributed by atoms with Gasteiger partial charge in [0.25, 0.3) is 0 Å². The Balaban J connectivity index is 1.98. The maximum Gasteiger partial charge on any atom is 0.409 e. The molecule has 5 nitrogen and oxygen atoms in total.